The van der Waals surface area contributed by atoms with Crippen molar-refractivity contribution in [2.45, 2.75) is 36.6 Å². The normalized spacial score (nSPS) is 16.9. The summed E-state index contributed by atoms with van der Waals surface area (Å²) in [5, 5.41) is 9.30. The Labute approximate surface area is 167 Å². The molecule has 0 saturated heterocycles. The number of hydrogen-bond acceptors (Lipinski definition) is 4. The Morgan fingerprint density at radius 3 is 2.72 bits per heavy atom. The number of hydrogen-bond donors (Lipinski definition) is 1. The van der Waals surface area contributed by atoms with Gasteiger partial charge in [-0.1, -0.05) is 0 Å². The Kier molecular flexibility index (Phi) is 4.87. The van der Waals surface area contributed by atoms with Gasteiger partial charge in [-0.25, -0.2) is 12.8 Å². The zero-order valence-corrected chi connectivity index (χ0v) is 16.6. The Morgan fingerprint density at radius 2 is 2.03 bits per heavy atom. The van der Waals surface area contributed by atoms with Gasteiger partial charge in [-0.2, -0.15) is 4.31 Å². The summed E-state index contributed by atoms with van der Waals surface area (Å²) in [6, 6.07) is 4.49. The van der Waals surface area contributed by atoms with Crippen LogP contribution in [0.5, 0.6) is 0 Å². The van der Waals surface area contributed by atoms with Gasteiger partial charge in [-0.15, -0.1) is 0 Å². The molecule has 152 valence electrons. The first-order valence-electron chi connectivity index (χ1n) is 9.19. The van der Waals surface area contributed by atoms with E-state index in [1.54, 1.807) is 18.6 Å². The van der Waals surface area contributed by atoms with Crippen LogP contribution in [0.2, 0.25) is 0 Å². The molecule has 1 atom stereocenters. The molecule has 1 aliphatic carbocycles. The number of carboxylic acid groups (broad SMARTS) is 1. The van der Waals surface area contributed by atoms with Crippen LogP contribution in [-0.4, -0.2) is 46.3 Å². The highest BCUT2D eigenvalue weighted by molar-refractivity contribution is 7.89. The minimum absolute atomic E-state index is 0.0437. The van der Waals surface area contributed by atoms with E-state index >= 15 is 0 Å². The van der Waals surface area contributed by atoms with Crippen LogP contribution >= 0.6 is 0 Å². The maximum absolute atomic E-state index is 13.2. The molecule has 3 aromatic rings. The van der Waals surface area contributed by atoms with E-state index in [1.165, 1.54) is 23.5 Å². The van der Waals surface area contributed by atoms with E-state index in [9.17, 15) is 22.7 Å². The largest absolute Gasteiger partial charge is 0.481 e. The fourth-order valence-electron chi connectivity index (χ4n) is 4.08. The fraction of sp³-hybridized carbons (Fsp3) is 0.300. The highest BCUT2D eigenvalue weighted by Crippen LogP contribution is 2.34. The van der Waals surface area contributed by atoms with Gasteiger partial charge in [0.15, 0.2) is 0 Å². The van der Waals surface area contributed by atoms with Crippen molar-refractivity contribution >= 4 is 21.5 Å². The van der Waals surface area contributed by atoms with Gasteiger partial charge in [0.2, 0.25) is 10.0 Å². The summed E-state index contributed by atoms with van der Waals surface area (Å²) in [5.74, 6) is -1.41. The molecule has 2 aromatic heterocycles. The van der Waals surface area contributed by atoms with Crippen LogP contribution in [0.4, 0.5) is 4.39 Å². The molecule has 0 saturated carbocycles. The Bertz CT molecular complexity index is 1190. The second kappa shape index (κ2) is 7.23. The summed E-state index contributed by atoms with van der Waals surface area (Å²) in [6.45, 7) is 0. The van der Waals surface area contributed by atoms with Gasteiger partial charge < -0.3 is 9.51 Å². The minimum Gasteiger partial charge on any atom is -0.481 e. The molecule has 0 radical (unpaired) electrons. The van der Waals surface area contributed by atoms with Crippen LogP contribution in [0.3, 0.4) is 0 Å². The van der Waals surface area contributed by atoms with Gasteiger partial charge >= 0.3 is 5.97 Å². The number of aliphatic carboxylic acids is 1. The number of aromatic nitrogens is 2. The van der Waals surface area contributed by atoms with Gasteiger partial charge in [0.25, 0.3) is 0 Å². The molecule has 1 N–H and O–H groups in total. The molecule has 29 heavy (non-hydrogen) atoms. The van der Waals surface area contributed by atoms with Crippen molar-refractivity contribution in [2.24, 2.45) is 0 Å². The van der Waals surface area contributed by atoms with Crippen LogP contribution < -0.4 is 0 Å². The second-order valence-electron chi connectivity index (χ2n) is 7.18. The number of carboxylic acids is 1. The molecule has 9 heteroatoms. The third kappa shape index (κ3) is 3.40. The summed E-state index contributed by atoms with van der Waals surface area (Å²) in [6.07, 6.45) is 6.53. The first-order chi connectivity index (χ1) is 13.8. The van der Waals surface area contributed by atoms with Crippen LogP contribution in [0.25, 0.3) is 5.52 Å². The second-order valence-corrected chi connectivity index (χ2v) is 9.18. The predicted molar refractivity (Wildman–Crippen MR) is 104 cm³/mol. The van der Waals surface area contributed by atoms with E-state index in [0.29, 0.717) is 25.0 Å². The molecule has 1 aliphatic rings. The van der Waals surface area contributed by atoms with E-state index in [-0.39, 0.29) is 17.4 Å². The molecular weight excluding hydrogens is 397 g/mol. The molecule has 0 fully saturated rings. The van der Waals surface area contributed by atoms with Crippen molar-refractivity contribution in [3.05, 3.63) is 65.5 Å². The Balaban J connectivity index is 1.70. The lowest BCUT2D eigenvalue weighted by Crippen LogP contribution is -2.40. The first kappa shape index (κ1) is 19.5. The van der Waals surface area contributed by atoms with Gasteiger partial charge in [0.1, 0.15) is 5.82 Å². The van der Waals surface area contributed by atoms with E-state index in [1.807, 2.05) is 4.40 Å². The molecule has 4 rings (SSSR count). The number of rotatable bonds is 5. The van der Waals surface area contributed by atoms with Crippen LogP contribution in [0, 0.1) is 5.82 Å². The van der Waals surface area contributed by atoms with E-state index in [0.717, 1.165) is 28.8 Å². The van der Waals surface area contributed by atoms with Crippen LogP contribution in [-0.2, 0) is 34.1 Å². The average molecular weight is 417 g/mol. The molecule has 1 aromatic carbocycles. The molecule has 2 heterocycles. The number of fused-ring (bicyclic) bond motifs is 3. The zero-order valence-electron chi connectivity index (χ0n) is 15.7. The summed E-state index contributed by atoms with van der Waals surface area (Å²) in [4.78, 5) is 15.5. The highest BCUT2D eigenvalue weighted by atomic mass is 32.2. The Hall–Kier alpha value is -2.78. The average Bonchev–Trinajstić information content (AvgIpc) is 3.00. The topological polar surface area (TPSA) is 92.0 Å². The molecule has 0 spiro atoms. The zero-order chi connectivity index (χ0) is 20.8. The third-order valence-electron chi connectivity index (χ3n) is 5.56. The lowest BCUT2D eigenvalue weighted by molar-refractivity contribution is -0.136. The van der Waals surface area contributed by atoms with Crippen LogP contribution in [0.1, 0.15) is 23.2 Å². The van der Waals surface area contributed by atoms with Gasteiger partial charge in [0, 0.05) is 31.2 Å². The number of sulfonamides is 1. The maximum Gasteiger partial charge on any atom is 0.309 e. The summed E-state index contributed by atoms with van der Waals surface area (Å²) in [7, 11) is -2.24. The number of benzene rings is 1. The summed E-state index contributed by atoms with van der Waals surface area (Å²) in [5.41, 5.74) is 3.42. The quantitative estimate of drug-likeness (QED) is 0.688. The van der Waals surface area contributed by atoms with Crippen molar-refractivity contribution < 1.29 is 22.7 Å². The fourth-order valence-corrected chi connectivity index (χ4v) is 5.47. The third-order valence-corrected chi connectivity index (χ3v) is 7.49. The number of nitrogens with zero attached hydrogens (tertiary/aromatic N) is 3. The highest BCUT2D eigenvalue weighted by Gasteiger charge is 2.33. The molecule has 0 bridgehead atoms. The minimum atomic E-state index is -3.77. The van der Waals surface area contributed by atoms with Crippen molar-refractivity contribution in [1.29, 1.82) is 0 Å². The van der Waals surface area contributed by atoms with E-state index < -0.39 is 21.8 Å². The van der Waals surface area contributed by atoms with Crippen molar-refractivity contribution in [3.8, 4) is 0 Å². The predicted octanol–water partition coefficient (Wildman–Crippen LogP) is 2.28. The molecular formula is C20H20FN3O4S. The molecule has 1 unspecified atom stereocenters. The van der Waals surface area contributed by atoms with Gasteiger partial charge in [-0.3, -0.25) is 9.78 Å². The van der Waals surface area contributed by atoms with Crippen LogP contribution in [0.15, 0.2) is 47.8 Å². The maximum atomic E-state index is 13.2. The smallest absolute Gasteiger partial charge is 0.309 e. The van der Waals surface area contributed by atoms with E-state index in [2.05, 4.69) is 4.98 Å². The number of carbonyl (C=O) groups is 1. The lowest BCUT2D eigenvalue weighted by Gasteiger charge is -2.31. The molecule has 0 amide bonds. The monoisotopic (exact) mass is 417 g/mol. The standard InChI is InChI=1S/C20H20FN3O4S/c1-23(29(27,28)15-5-2-13(21)3-6-15)14-4-7-16-17(10-14)19-12-22-8-9-24(19)18(16)11-20(25)26/h2-3,5-6,8-9,12,14H,4,7,10-11H2,1H3,(H,25,26). The Morgan fingerprint density at radius 1 is 1.31 bits per heavy atom. The van der Waals surface area contributed by atoms with Crippen molar-refractivity contribution in [3.63, 3.8) is 0 Å². The molecule has 7 nitrogen and oxygen atoms in total. The SMILES string of the molecule is CN(C1CCc2c(c3cnccn3c2CC(=O)O)C1)S(=O)(=O)c1ccc(F)cc1. The van der Waals surface area contributed by atoms with Crippen molar-refractivity contribution in [1.82, 2.24) is 13.7 Å². The van der Waals surface area contributed by atoms with Gasteiger partial charge in [0.05, 0.1) is 23.0 Å². The van der Waals surface area contributed by atoms with Crippen molar-refractivity contribution in [2.75, 3.05) is 7.05 Å². The van der Waals surface area contributed by atoms with Gasteiger partial charge in [-0.05, 0) is 54.7 Å². The molecule has 0 aliphatic heterocycles. The lowest BCUT2D eigenvalue weighted by atomic mass is 9.88. The number of halogens is 1. The number of likely N-dealkylation sites (N-methyl/N-ethyl adjacent to an activating group) is 1. The summed E-state index contributed by atoms with van der Waals surface area (Å²) < 4.78 is 42.3. The summed E-state index contributed by atoms with van der Waals surface area (Å²) >= 11 is 0. The first-order valence-corrected chi connectivity index (χ1v) is 10.6. The van der Waals surface area contributed by atoms with E-state index in [4.69, 9.17) is 0 Å².